The summed E-state index contributed by atoms with van der Waals surface area (Å²) < 4.78 is 0. The fourth-order valence-electron chi connectivity index (χ4n) is 5.99. The Morgan fingerprint density at radius 2 is 1.97 bits per heavy atom. The topological polar surface area (TPSA) is 69.9 Å². The van der Waals surface area contributed by atoms with Crippen molar-refractivity contribution in [1.29, 1.82) is 0 Å². The zero-order chi connectivity index (χ0) is 20.3. The van der Waals surface area contributed by atoms with Gasteiger partial charge in [0.15, 0.2) is 0 Å². The minimum Gasteiger partial charge on any atom is -0.481 e. The van der Waals surface area contributed by atoms with Crippen LogP contribution in [0.5, 0.6) is 0 Å². The summed E-state index contributed by atoms with van der Waals surface area (Å²) in [7, 11) is 0. The summed E-state index contributed by atoms with van der Waals surface area (Å²) in [4.78, 5) is 11.9. The second-order valence-corrected chi connectivity index (χ2v) is 8.59. The fourth-order valence-corrected chi connectivity index (χ4v) is 5.99. The monoisotopic (exact) mass is 391 g/mol. The van der Waals surface area contributed by atoms with E-state index in [9.17, 15) is 9.90 Å². The van der Waals surface area contributed by atoms with E-state index in [1.807, 2.05) is 30.3 Å². The Labute approximate surface area is 172 Å². The van der Waals surface area contributed by atoms with Gasteiger partial charge in [0.05, 0.1) is 11.6 Å². The summed E-state index contributed by atoms with van der Waals surface area (Å²) >= 11 is 0. The van der Waals surface area contributed by atoms with Crippen LogP contribution in [0.4, 0.5) is 0 Å². The van der Waals surface area contributed by atoms with Gasteiger partial charge in [-0.2, -0.15) is 0 Å². The van der Waals surface area contributed by atoms with Crippen LogP contribution in [0.25, 0.3) is 0 Å². The Hall–Kier alpha value is -2.62. The van der Waals surface area contributed by atoms with Crippen LogP contribution in [-0.4, -0.2) is 22.5 Å². The van der Waals surface area contributed by atoms with Crippen molar-refractivity contribution in [2.45, 2.75) is 51.4 Å². The van der Waals surface area contributed by atoms with E-state index >= 15 is 0 Å². The molecule has 29 heavy (non-hydrogen) atoms. The van der Waals surface area contributed by atoms with Gasteiger partial charge in [0, 0.05) is 0 Å². The highest BCUT2D eigenvalue weighted by Gasteiger charge is 2.55. The van der Waals surface area contributed by atoms with E-state index in [2.05, 4.69) is 23.4 Å². The van der Waals surface area contributed by atoms with Crippen LogP contribution in [0.15, 0.2) is 70.4 Å². The molecule has 2 saturated carbocycles. The molecule has 4 nitrogen and oxygen atoms in total. The number of aliphatic carboxylic acids is 1. The molecule has 5 rings (SSSR count). The highest BCUT2D eigenvalue weighted by molar-refractivity contribution is 5.78. The summed E-state index contributed by atoms with van der Waals surface area (Å²) in [5.41, 5.74) is 5.23. The van der Waals surface area contributed by atoms with Crippen LogP contribution in [0.2, 0.25) is 0 Å². The SMILES string of the molecule is O=C(O)[C@@]12CCCC1C1CCC3=CC=CCC3=C1CC2.ON=Cc1ccccc1. The molecule has 4 aliphatic rings. The lowest BCUT2D eigenvalue weighted by Crippen LogP contribution is -2.43. The highest BCUT2D eigenvalue weighted by Crippen LogP contribution is 2.60. The maximum absolute atomic E-state index is 11.9. The number of hydrogen-bond acceptors (Lipinski definition) is 3. The van der Waals surface area contributed by atoms with Crippen molar-refractivity contribution in [3.05, 3.63) is 70.8 Å². The molecule has 0 heterocycles. The average molecular weight is 392 g/mol. The quantitative estimate of drug-likeness (QED) is 0.384. The molecule has 0 saturated heterocycles. The van der Waals surface area contributed by atoms with Crippen molar-refractivity contribution in [2.24, 2.45) is 22.4 Å². The van der Waals surface area contributed by atoms with Gasteiger partial charge in [-0.3, -0.25) is 4.79 Å². The number of carboxylic acid groups (broad SMARTS) is 1. The Morgan fingerprint density at radius 3 is 2.72 bits per heavy atom. The molecule has 0 bridgehead atoms. The summed E-state index contributed by atoms with van der Waals surface area (Å²) in [5, 5.41) is 20.8. The van der Waals surface area contributed by atoms with Gasteiger partial charge in [0.25, 0.3) is 0 Å². The first kappa shape index (κ1) is 19.7. The molecule has 4 aliphatic carbocycles. The third kappa shape index (κ3) is 3.68. The summed E-state index contributed by atoms with van der Waals surface area (Å²) in [5.74, 6) is 0.443. The second-order valence-electron chi connectivity index (χ2n) is 8.59. The maximum atomic E-state index is 11.9. The molecule has 4 heteroatoms. The van der Waals surface area contributed by atoms with Crippen LogP contribution in [-0.2, 0) is 4.79 Å². The summed E-state index contributed by atoms with van der Waals surface area (Å²) in [6, 6.07) is 9.40. The molecule has 0 aromatic heterocycles. The minimum atomic E-state index is -0.520. The van der Waals surface area contributed by atoms with Gasteiger partial charge in [-0.25, -0.2) is 0 Å². The third-order valence-electron chi connectivity index (χ3n) is 7.31. The van der Waals surface area contributed by atoms with Gasteiger partial charge in [0.2, 0.25) is 0 Å². The average Bonchev–Trinajstić information content (AvgIpc) is 3.21. The third-order valence-corrected chi connectivity index (χ3v) is 7.31. The molecular weight excluding hydrogens is 362 g/mol. The molecule has 0 amide bonds. The molecule has 1 aromatic carbocycles. The largest absolute Gasteiger partial charge is 0.481 e. The Kier molecular flexibility index (Phi) is 5.70. The summed E-state index contributed by atoms with van der Waals surface area (Å²) in [6.45, 7) is 0. The number of fused-ring (bicyclic) bond motifs is 4. The van der Waals surface area contributed by atoms with Crippen LogP contribution < -0.4 is 0 Å². The fraction of sp³-hybridized carbons (Fsp3) is 0.440. The second kappa shape index (κ2) is 8.40. The van der Waals surface area contributed by atoms with Crippen LogP contribution in [0.1, 0.15) is 56.9 Å². The van der Waals surface area contributed by atoms with Crippen LogP contribution in [0, 0.1) is 17.3 Å². The number of rotatable bonds is 2. The van der Waals surface area contributed by atoms with E-state index in [0.717, 1.165) is 50.5 Å². The standard InChI is InChI=1S/C18H22O2.C7H7NO/c19-17(20)18-10-3-6-16(18)15-8-7-12-4-1-2-5-13(12)14(15)9-11-18;9-8-6-7-4-2-1-3-5-7/h1-2,4,15-16H,3,5-11H2,(H,19,20);1-6,9H/t15?,16?,18-;/m1./s1. The zero-order valence-corrected chi connectivity index (χ0v) is 16.8. The molecular formula is C25H29NO3. The van der Waals surface area contributed by atoms with E-state index in [4.69, 9.17) is 5.21 Å². The minimum absolute atomic E-state index is 0.388. The maximum Gasteiger partial charge on any atom is 0.309 e. The number of allylic oxidation sites excluding steroid dienone is 6. The molecule has 3 atom stereocenters. The summed E-state index contributed by atoms with van der Waals surface area (Å²) in [6.07, 6.45) is 16.5. The van der Waals surface area contributed by atoms with E-state index in [1.165, 1.54) is 18.2 Å². The Morgan fingerprint density at radius 1 is 1.14 bits per heavy atom. The van der Waals surface area contributed by atoms with Gasteiger partial charge >= 0.3 is 5.97 Å². The van der Waals surface area contributed by atoms with E-state index in [-0.39, 0.29) is 5.41 Å². The van der Waals surface area contributed by atoms with Crippen molar-refractivity contribution < 1.29 is 15.1 Å². The van der Waals surface area contributed by atoms with Crippen LogP contribution in [0.3, 0.4) is 0 Å². The lowest BCUT2D eigenvalue weighted by atomic mass is 9.57. The van der Waals surface area contributed by atoms with E-state index < -0.39 is 5.97 Å². The van der Waals surface area contributed by atoms with E-state index in [1.54, 1.807) is 11.1 Å². The Bertz CT molecular complexity index is 881. The molecule has 0 aliphatic heterocycles. The van der Waals surface area contributed by atoms with Crippen molar-refractivity contribution in [3.63, 3.8) is 0 Å². The van der Waals surface area contributed by atoms with Gasteiger partial charge < -0.3 is 10.3 Å². The number of hydrogen-bond donors (Lipinski definition) is 2. The highest BCUT2D eigenvalue weighted by atomic mass is 16.4. The van der Waals surface area contributed by atoms with Crippen molar-refractivity contribution in [3.8, 4) is 0 Å². The first-order valence-electron chi connectivity index (χ1n) is 10.7. The lowest BCUT2D eigenvalue weighted by Gasteiger charge is -2.46. The molecule has 1 aromatic rings. The Balaban J connectivity index is 0.000000192. The van der Waals surface area contributed by atoms with Crippen molar-refractivity contribution in [2.75, 3.05) is 0 Å². The van der Waals surface area contributed by atoms with Gasteiger partial charge in [-0.15, -0.1) is 0 Å². The number of carbonyl (C=O) groups is 1. The molecule has 2 N–H and O–H groups in total. The number of oxime groups is 1. The lowest BCUT2D eigenvalue weighted by molar-refractivity contribution is -0.154. The van der Waals surface area contributed by atoms with E-state index in [0.29, 0.717) is 11.8 Å². The molecule has 152 valence electrons. The van der Waals surface area contributed by atoms with Gasteiger partial charge in [-0.05, 0) is 73.5 Å². The van der Waals surface area contributed by atoms with Gasteiger partial charge in [0.1, 0.15) is 0 Å². The zero-order valence-electron chi connectivity index (χ0n) is 16.8. The molecule has 2 fully saturated rings. The van der Waals surface area contributed by atoms with Crippen molar-refractivity contribution >= 4 is 12.2 Å². The smallest absolute Gasteiger partial charge is 0.309 e. The molecule has 2 unspecified atom stereocenters. The molecule has 0 radical (unpaired) electrons. The first-order chi connectivity index (χ1) is 14.2. The van der Waals surface area contributed by atoms with Crippen molar-refractivity contribution in [1.82, 2.24) is 0 Å². The first-order valence-corrected chi connectivity index (χ1v) is 10.7. The number of carboxylic acids is 1. The number of nitrogens with zero attached hydrogens (tertiary/aromatic N) is 1. The number of benzene rings is 1. The predicted octanol–water partition coefficient (Wildman–Crippen LogP) is 5.74. The molecule has 0 spiro atoms. The normalized spacial score (nSPS) is 30.0. The van der Waals surface area contributed by atoms with Crippen LogP contribution >= 0.6 is 0 Å². The van der Waals surface area contributed by atoms with Gasteiger partial charge in [-0.1, -0.05) is 65.7 Å². The predicted molar refractivity (Wildman–Crippen MR) is 114 cm³/mol.